The lowest BCUT2D eigenvalue weighted by Gasteiger charge is -2.22. The van der Waals surface area contributed by atoms with Crippen molar-refractivity contribution in [3.05, 3.63) is 83.7 Å². The summed E-state index contributed by atoms with van der Waals surface area (Å²) < 4.78 is 47.5. The molecule has 0 fully saturated rings. The molecule has 4 nitrogen and oxygen atoms in total. The third kappa shape index (κ3) is 5.22. The Kier molecular flexibility index (Phi) is 6.36. The first-order valence-electron chi connectivity index (χ1n) is 10.7. The summed E-state index contributed by atoms with van der Waals surface area (Å²) >= 11 is 0.940. The highest BCUT2D eigenvalue weighted by atomic mass is 32.1. The molecule has 0 radical (unpaired) electrons. The topological polar surface area (TPSA) is 47.0 Å². The van der Waals surface area contributed by atoms with Gasteiger partial charge in [0.05, 0.1) is 4.88 Å². The van der Waals surface area contributed by atoms with Crippen molar-refractivity contribution in [1.29, 1.82) is 0 Å². The van der Waals surface area contributed by atoms with E-state index in [0.717, 1.165) is 22.5 Å². The average Bonchev–Trinajstić information content (AvgIpc) is 3.19. The van der Waals surface area contributed by atoms with Gasteiger partial charge in [-0.15, -0.1) is 0 Å². The van der Waals surface area contributed by atoms with Crippen molar-refractivity contribution in [3.63, 3.8) is 0 Å². The zero-order valence-corrected chi connectivity index (χ0v) is 20.0. The van der Waals surface area contributed by atoms with Crippen LogP contribution in [0.1, 0.15) is 37.6 Å². The Labute approximate surface area is 200 Å². The summed E-state index contributed by atoms with van der Waals surface area (Å²) in [4.78, 5) is 8.26. The Morgan fingerprint density at radius 1 is 0.941 bits per heavy atom. The quantitative estimate of drug-likeness (QED) is 0.310. The normalized spacial score (nSPS) is 12.0. The van der Waals surface area contributed by atoms with Gasteiger partial charge in [-0.05, 0) is 36.1 Å². The molecule has 4 rings (SSSR count). The number of ether oxygens (including phenoxy) is 1. The summed E-state index contributed by atoms with van der Waals surface area (Å²) in [5.74, 6) is 0.882. The third-order valence-corrected chi connectivity index (χ3v) is 6.11. The molecule has 1 N–H and O–H groups in total. The molecule has 34 heavy (non-hydrogen) atoms. The van der Waals surface area contributed by atoms with Gasteiger partial charge in [0.15, 0.2) is 10.8 Å². The highest BCUT2D eigenvalue weighted by Gasteiger charge is 2.38. The van der Waals surface area contributed by atoms with E-state index >= 15 is 0 Å². The SMILES string of the molecule is Cc1cccc(-c2sc(Nc3cccnc3Oc3ccccc3C(C)(C)C)nc2C(F)(F)F)c1. The van der Waals surface area contributed by atoms with E-state index < -0.39 is 11.9 Å². The molecule has 0 unspecified atom stereocenters. The van der Waals surface area contributed by atoms with Gasteiger partial charge in [-0.2, -0.15) is 13.2 Å². The van der Waals surface area contributed by atoms with Crippen LogP contribution in [-0.4, -0.2) is 9.97 Å². The largest absolute Gasteiger partial charge is 0.437 e. The summed E-state index contributed by atoms with van der Waals surface area (Å²) in [5.41, 5.74) is 1.66. The molecule has 0 amide bonds. The lowest BCUT2D eigenvalue weighted by Crippen LogP contribution is -2.12. The Hall–Kier alpha value is -3.39. The van der Waals surface area contributed by atoms with Crippen molar-refractivity contribution < 1.29 is 17.9 Å². The van der Waals surface area contributed by atoms with E-state index in [1.165, 1.54) is 0 Å². The van der Waals surface area contributed by atoms with E-state index in [9.17, 15) is 13.2 Å². The van der Waals surface area contributed by atoms with E-state index in [2.05, 4.69) is 36.1 Å². The van der Waals surface area contributed by atoms with Gasteiger partial charge in [-0.3, -0.25) is 0 Å². The molecule has 4 aromatic rings. The second-order valence-corrected chi connectivity index (χ2v) is 9.89. The Bertz CT molecular complexity index is 1310. The average molecular weight is 484 g/mol. The summed E-state index contributed by atoms with van der Waals surface area (Å²) in [6.07, 6.45) is -3.02. The fourth-order valence-electron chi connectivity index (χ4n) is 3.51. The molecule has 0 aliphatic heterocycles. The number of alkyl halides is 3. The lowest BCUT2D eigenvalue weighted by molar-refractivity contribution is -0.140. The van der Waals surface area contributed by atoms with Crippen LogP contribution in [0.4, 0.5) is 24.0 Å². The fourth-order valence-corrected chi connectivity index (χ4v) is 4.50. The van der Waals surface area contributed by atoms with Crippen LogP contribution in [0, 0.1) is 6.92 Å². The number of rotatable bonds is 5. The van der Waals surface area contributed by atoms with Crippen LogP contribution in [0.25, 0.3) is 10.4 Å². The van der Waals surface area contributed by atoms with Crippen LogP contribution >= 0.6 is 11.3 Å². The summed E-state index contributed by atoms with van der Waals surface area (Å²) in [6.45, 7) is 8.07. The number of aromatic nitrogens is 2. The van der Waals surface area contributed by atoms with E-state index in [0.29, 0.717) is 17.0 Å². The summed E-state index contributed by atoms with van der Waals surface area (Å²) in [5, 5.41) is 3.09. The van der Waals surface area contributed by atoms with Gasteiger partial charge >= 0.3 is 6.18 Å². The van der Waals surface area contributed by atoms with Gasteiger partial charge in [0.2, 0.25) is 5.88 Å². The van der Waals surface area contributed by atoms with E-state index in [-0.39, 0.29) is 21.3 Å². The van der Waals surface area contributed by atoms with Crippen molar-refractivity contribution in [3.8, 4) is 22.1 Å². The van der Waals surface area contributed by atoms with Gasteiger partial charge in [0, 0.05) is 11.8 Å². The molecule has 0 saturated heterocycles. The number of para-hydroxylation sites is 1. The van der Waals surface area contributed by atoms with E-state index in [1.807, 2.05) is 37.3 Å². The minimum absolute atomic E-state index is 0.0585. The maximum atomic E-state index is 13.8. The smallest absolute Gasteiger partial charge is 0.434 e. The molecule has 0 bridgehead atoms. The van der Waals surface area contributed by atoms with Crippen molar-refractivity contribution in [2.75, 3.05) is 5.32 Å². The monoisotopic (exact) mass is 483 g/mol. The van der Waals surface area contributed by atoms with Gasteiger partial charge in [0.1, 0.15) is 11.4 Å². The zero-order valence-electron chi connectivity index (χ0n) is 19.2. The van der Waals surface area contributed by atoms with Gasteiger partial charge in [-0.25, -0.2) is 9.97 Å². The molecule has 0 aliphatic rings. The number of halogens is 3. The predicted molar refractivity (Wildman–Crippen MR) is 130 cm³/mol. The Morgan fingerprint density at radius 3 is 2.41 bits per heavy atom. The van der Waals surface area contributed by atoms with Gasteiger partial charge < -0.3 is 10.1 Å². The first-order valence-corrected chi connectivity index (χ1v) is 11.5. The van der Waals surface area contributed by atoms with Crippen LogP contribution in [0.15, 0.2) is 66.9 Å². The molecule has 0 aliphatic carbocycles. The Balaban J connectivity index is 1.71. The van der Waals surface area contributed by atoms with Crippen LogP contribution in [-0.2, 0) is 11.6 Å². The molecule has 8 heteroatoms. The summed E-state index contributed by atoms with van der Waals surface area (Å²) in [7, 11) is 0. The molecule has 2 aromatic heterocycles. The highest BCUT2D eigenvalue weighted by molar-refractivity contribution is 7.19. The van der Waals surface area contributed by atoms with Crippen molar-refractivity contribution in [2.24, 2.45) is 0 Å². The van der Waals surface area contributed by atoms with Crippen molar-refractivity contribution in [2.45, 2.75) is 39.3 Å². The third-order valence-electron chi connectivity index (χ3n) is 5.09. The standard InChI is InChI=1S/C26H24F3N3OS/c1-16-9-7-10-17(15-16)21-22(26(27,28)29)32-24(34-21)31-19-12-8-14-30-23(19)33-20-13-6-5-11-18(20)25(2,3)4/h5-15H,1-4H3,(H,31,32). The number of anilines is 2. The molecule has 0 spiro atoms. The van der Waals surface area contributed by atoms with Crippen LogP contribution in [0.3, 0.4) is 0 Å². The van der Waals surface area contributed by atoms with E-state index in [1.54, 1.807) is 36.5 Å². The van der Waals surface area contributed by atoms with Crippen molar-refractivity contribution in [1.82, 2.24) is 9.97 Å². The number of nitrogens with zero attached hydrogens (tertiary/aromatic N) is 2. The van der Waals surface area contributed by atoms with Crippen LogP contribution in [0.5, 0.6) is 11.6 Å². The van der Waals surface area contributed by atoms with Gasteiger partial charge in [-0.1, -0.05) is 80.1 Å². The maximum Gasteiger partial charge on any atom is 0.434 e. The number of nitrogens with one attached hydrogen (secondary N) is 1. The van der Waals surface area contributed by atoms with E-state index in [4.69, 9.17) is 4.74 Å². The van der Waals surface area contributed by atoms with Crippen LogP contribution < -0.4 is 10.1 Å². The predicted octanol–water partition coefficient (Wildman–Crippen LogP) is 8.37. The number of benzene rings is 2. The second-order valence-electron chi connectivity index (χ2n) is 8.89. The summed E-state index contributed by atoms with van der Waals surface area (Å²) in [6, 6.07) is 18.0. The van der Waals surface area contributed by atoms with Crippen LogP contribution in [0.2, 0.25) is 0 Å². The molecular formula is C26H24F3N3OS. The molecule has 0 saturated carbocycles. The molecular weight excluding hydrogens is 459 g/mol. The fraction of sp³-hybridized carbons (Fsp3) is 0.231. The lowest BCUT2D eigenvalue weighted by atomic mass is 9.86. The first kappa shape index (κ1) is 23.8. The second kappa shape index (κ2) is 9.10. The Morgan fingerprint density at radius 2 is 1.71 bits per heavy atom. The van der Waals surface area contributed by atoms with Crippen molar-refractivity contribution >= 4 is 22.2 Å². The minimum Gasteiger partial charge on any atom is -0.437 e. The maximum absolute atomic E-state index is 13.8. The highest BCUT2D eigenvalue weighted by Crippen LogP contribution is 2.43. The van der Waals surface area contributed by atoms with Gasteiger partial charge in [0.25, 0.3) is 0 Å². The molecule has 176 valence electrons. The zero-order chi connectivity index (χ0) is 24.5. The first-order chi connectivity index (χ1) is 16.0. The number of hydrogen-bond acceptors (Lipinski definition) is 5. The number of aryl methyl sites for hydroxylation is 1. The number of thiazole rings is 1. The minimum atomic E-state index is -4.59. The molecule has 2 aromatic carbocycles. The number of pyridine rings is 1. The molecule has 2 heterocycles. The molecule has 0 atom stereocenters. The number of hydrogen-bond donors (Lipinski definition) is 1.